The molecule has 39 heavy (non-hydrogen) atoms. The Kier molecular flexibility index (Phi) is 8.49. The number of para-hydroxylation sites is 1. The number of aromatic nitrogens is 2. The number of benzene rings is 1. The van der Waals surface area contributed by atoms with E-state index in [9.17, 15) is 31.7 Å². The fourth-order valence-electron chi connectivity index (χ4n) is 5.41. The van der Waals surface area contributed by atoms with Crippen LogP contribution in [-0.2, 0) is 22.8 Å². The van der Waals surface area contributed by atoms with Crippen LogP contribution in [0, 0.1) is 16.0 Å². The normalized spacial score (nSPS) is 22.5. The first-order valence-corrected chi connectivity index (χ1v) is 14.6. The summed E-state index contributed by atoms with van der Waals surface area (Å²) >= 11 is 0. The van der Waals surface area contributed by atoms with Crippen LogP contribution in [0.3, 0.4) is 0 Å². The number of sulfone groups is 1. The second-order valence-electron chi connectivity index (χ2n) is 10.1. The highest BCUT2D eigenvalue weighted by Gasteiger charge is 2.36. The second-order valence-corrected chi connectivity index (χ2v) is 12.4. The Morgan fingerprint density at radius 1 is 1.18 bits per heavy atom. The lowest BCUT2D eigenvalue weighted by atomic mass is 9.82. The third-order valence-electron chi connectivity index (χ3n) is 7.40. The van der Waals surface area contributed by atoms with Crippen LogP contribution in [0.2, 0.25) is 0 Å². The summed E-state index contributed by atoms with van der Waals surface area (Å²) < 4.78 is 66.1. The van der Waals surface area contributed by atoms with Crippen molar-refractivity contribution >= 4 is 27.3 Å². The number of nitro groups is 1. The SMILES string of the molecule is CS(=O)(=O)C1CCN(C2CCC(Cc3nc(NCc4ccccc4OC(F)(F)F)nc(N)c3[N+](=O)[O-])CC2)C1. The number of halogens is 3. The van der Waals surface area contributed by atoms with E-state index < -0.39 is 21.1 Å². The summed E-state index contributed by atoms with van der Waals surface area (Å²) in [4.78, 5) is 21.6. The van der Waals surface area contributed by atoms with E-state index >= 15 is 0 Å². The molecule has 0 spiro atoms. The van der Waals surface area contributed by atoms with Gasteiger partial charge >= 0.3 is 12.0 Å². The summed E-state index contributed by atoms with van der Waals surface area (Å²) in [7, 11) is -3.07. The maximum absolute atomic E-state index is 12.7. The van der Waals surface area contributed by atoms with Crippen molar-refractivity contribution < 1.29 is 31.2 Å². The van der Waals surface area contributed by atoms with Gasteiger partial charge in [-0.3, -0.25) is 15.0 Å². The maximum Gasteiger partial charge on any atom is 0.573 e. The average molecular weight is 573 g/mol. The van der Waals surface area contributed by atoms with E-state index in [-0.39, 0.29) is 58.2 Å². The van der Waals surface area contributed by atoms with Gasteiger partial charge in [-0.25, -0.2) is 13.4 Å². The van der Waals surface area contributed by atoms with Gasteiger partial charge in [0.05, 0.1) is 10.2 Å². The van der Waals surface area contributed by atoms with Crippen LogP contribution in [0.15, 0.2) is 24.3 Å². The van der Waals surface area contributed by atoms with Gasteiger partial charge in [0.25, 0.3) is 0 Å². The highest BCUT2D eigenvalue weighted by Crippen LogP contribution is 2.35. The summed E-state index contributed by atoms with van der Waals surface area (Å²) in [5.41, 5.74) is 5.88. The van der Waals surface area contributed by atoms with Gasteiger partial charge in [-0.1, -0.05) is 18.2 Å². The number of hydrogen-bond acceptors (Lipinski definition) is 10. The lowest BCUT2D eigenvalue weighted by Gasteiger charge is -2.34. The van der Waals surface area contributed by atoms with Crippen LogP contribution in [-0.4, -0.2) is 65.2 Å². The predicted molar refractivity (Wildman–Crippen MR) is 138 cm³/mol. The molecule has 1 aromatic heterocycles. The highest BCUT2D eigenvalue weighted by molar-refractivity contribution is 7.91. The minimum absolute atomic E-state index is 0.0347. The maximum atomic E-state index is 12.7. The summed E-state index contributed by atoms with van der Waals surface area (Å²) in [6.45, 7) is 1.15. The zero-order valence-corrected chi connectivity index (χ0v) is 22.2. The predicted octanol–water partition coefficient (Wildman–Crippen LogP) is 3.70. The molecule has 1 saturated carbocycles. The molecule has 1 unspecified atom stereocenters. The van der Waals surface area contributed by atoms with Crippen LogP contribution in [0.4, 0.5) is 30.6 Å². The van der Waals surface area contributed by atoms with Crippen molar-refractivity contribution in [1.29, 1.82) is 0 Å². The topological polar surface area (TPSA) is 154 Å². The summed E-state index contributed by atoms with van der Waals surface area (Å²) in [6, 6.07) is 5.86. The molecule has 2 aromatic rings. The fraction of sp³-hybridized carbons (Fsp3) is 0.583. The van der Waals surface area contributed by atoms with E-state index in [1.165, 1.54) is 24.5 Å². The quantitative estimate of drug-likeness (QED) is 0.336. The zero-order chi connectivity index (χ0) is 28.4. The smallest absolute Gasteiger partial charge is 0.405 e. The Morgan fingerprint density at radius 2 is 1.87 bits per heavy atom. The first-order valence-electron chi connectivity index (χ1n) is 12.6. The first-order chi connectivity index (χ1) is 18.3. The third kappa shape index (κ3) is 7.47. The number of likely N-dealkylation sites (tertiary alicyclic amines) is 1. The van der Waals surface area contributed by atoms with E-state index in [1.54, 1.807) is 6.07 Å². The largest absolute Gasteiger partial charge is 0.573 e. The summed E-state index contributed by atoms with van der Waals surface area (Å²) in [6.07, 6.45) is 0.607. The number of nitrogens with two attached hydrogens (primary N) is 1. The molecule has 214 valence electrons. The Labute approximate surface area is 224 Å². The van der Waals surface area contributed by atoms with Gasteiger partial charge in [0.2, 0.25) is 11.8 Å². The van der Waals surface area contributed by atoms with Gasteiger partial charge < -0.3 is 15.8 Å². The van der Waals surface area contributed by atoms with Gasteiger partial charge in [0.1, 0.15) is 11.4 Å². The van der Waals surface area contributed by atoms with Gasteiger partial charge in [-0.15, -0.1) is 13.2 Å². The molecule has 15 heteroatoms. The number of alkyl halides is 3. The van der Waals surface area contributed by atoms with E-state index in [4.69, 9.17) is 5.73 Å². The molecule has 1 atom stereocenters. The van der Waals surface area contributed by atoms with Crippen molar-refractivity contribution in [2.75, 3.05) is 30.4 Å². The van der Waals surface area contributed by atoms with Gasteiger partial charge in [0, 0.05) is 31.0 Å². The van der Waals surface area contributed by atoms with Crippen LogP contribution in [0.5, 0.6) is 5.75 Å². The molecule has 1 saturated heterocycles. The van der Waals surface area contributed by atoms with Crippen LogP contribution in [0.1, 0.15) is 43.4 Å². The van der Waals surface area contributed by atoms with E-state index in [0.29, 0.717) is 19.4 Å². The minimum atomic E-state index is -4.86. The molecule has 4 rings (SSSR count). The molecule has 2 aliphatic rings. The monoisotopic (exact) mass is 572 g/mol. The molecular weight excluding hydrogens is 541 g/mol. The van der Waals surface area contributed by atoms with Crippen molar-refractivity contribution in [2.24, 2.45) is 5.92 Å². The molecule has 2 heterocycles. The molecular formula is C24H31F3N6O5S. The molecule has 1 aliphatic heterocycles. The lowest BCUT2D eigenvalue weighted by Crippen LogP contribution is -2.38. The molecule has 0 bridgehead atoms. The number of hydrogen-bond donors (Lipinski definition) is 2. The van der Waals surface area contributed by atoms with Crippen molar-refractivity contribution in [3.05, 3.63) is 45.6 Å². The second kappa shape index (κ2) is 11.5. The summed E-state index contributed by atoms with van der Waals surface area (Å²) in [5, 5.41) is 14.2. The van der Waals surface area contributed by atoms with E-state index in [0.717, 1.165) is 32.2 Å². The number of rotatable bonds is 9. The van der Waals surface area contributed by atoms with E-state index in [2.05, 4.69) is 24.9 Å². The molecule has 11 nitrogen and oxygen atoms in total. The van der Waals surface area contributed by atoms with E-state index in [1.807, 2.05) is 0 Å². The van der Waals surface area contributed by atoms with Crippen molar-refractivity contribution in [2.45, 2.75) is 62.7 Å². The standard InChI is InChI=1S/C24H31F3N6O5S/c1-39(36,37)18-10-11-32(14-18)17-8-6-15(7-9-17)12-19-21(33(34)35)22(28)31-23(30-19)29-13-16-4-2-3-5-20(16)38-24(25,26)27/h2-5,15,17-18H,6-14H2,1H3,(H3,28,29,30,31). The Hall–Kier alpha value is -3.20. The minimum Gasteiger partial charge on any atom is -0.405 e. The van der Waals surface area contributed by atoms with Crippen LogP contribution < -0.4 is 15.8 Å². The fourth-order valence-corrected chi connectivity index (χ4v) is 6.41. The number of nitrogen functional groups attached to an aromatic ring is 1. The molecule has 1 aliphatic carbocycles. The number of anilines is 2. The van der Waals surface area contributed by atoms with Gasteiger partial charge in [-0.05, 0) is 57.1 Å². The lowest BCUT2D eigenvalue weighted by molar-refractivity contribution is -0.385. The van der Waals surface area contributed by atoms with Gasteiger partial charge in [-0.2, -0.15) is 4.98 Å². The van der Waals surface area contributed by atoms with Crippen LogP contribution >= 0.6 is 0 Å². The van der Waals surface area contributed by atoms with Crippen molar-refractivity contribution in [3.63, 3.8) is 0 Å². The van der Waals surface area contributed by atoms with Crippen molar-refractivity contribution in [3.8, 4) is 5.75 Å². The van der Waals surface area contributed by atoms with Crippen molar-refractivity contribution in [1.82, 2.24) is 14.9 Å². The average Bonchev–Trinajstić information content (AvgIpc) is 3.34. The van der Waals surface area contributed by atoms with Crippen LogP contribution in [0.25, 0.3) is 0 Å². The third-order valence-corrected chi connectivity index (χ3v) is 8.99. The molecule has 2 fully saturated rings. The number of nitrogens with one attached hydrogen (secondary N) is 1. The molecule has 0 radical (unpaired) electrons. The first kappa shape index (κ1) is 28.8. The number of ether oxygens (including phenoxy) is 1. The molecule has 0 amide bonds. The number of nitrogens with zero attached hydrogens (tertiary/aromatic N) is 4. The Balaban J connectivity index is 1.42. The molecule has 1 aromatic carbocycles. The zero-order valence-electron chi connectivity index (χ0n) is 21.4. The highest BCUT2D eigenvalue weighted by atomic mass is 32.2. The van der Waals surface area contributed by atoms with Gasteiger partial charge in [0.15, 0.2) is 9.84 Å². The summed E-state index contributed by atoms with van der Waals surface area (Å²) in [5.74, 6) is -0.640. The Morgan fingerprint density at radius 3 is 2.49 bits per heavy atom. The Bertz CT molecular complexity index is 1300. The molecule has 3 N–H and O–H groups in total.